The van der Waals surface area contributed by atoms with Gasteiger partial charge in [0.05, 0.1) is 0 Å². The molecule has 0 aliphatic rings. The van der Waals surface area contributed by atoms with E-state index in [-0.39, 0.29) is 31.1 Å². The van der Waals surface area contributed by atoms with E-state index in [4.69, 9.17) is 14.2 Å². The third-order valence-corrected chi connectivity index (χ3v) is 10.5. The largest absolute Gasteiger partial charge is 0.462 e. The number of ether oxygens (including phenoxy) is 3. The Morgan fingerprint density at radius 3 is 1.00 bits per heavy atom. The first-order valence-electron chi connectivity index (χ1n) is 22.6. The van der Waals surface area contributed by atoms with Crippen LogP contribution in [0.2, 0.25) is 0 Å². The molecule has 2 atom stereocenters. The summed E-state index contributed by atoms with van der Waals surface area (Å²) in [6.45, 7) is 13.6. The highest BCUT2D eigenvalue weighted by atomic mass is 16.6. The van der Waals surface area contributed by atoms with Crippen LogP contribution in [0.4, 0.5) is 0 Å². The molecule has 0 bridgehead atoms. The summed E-state index contributed by atoms with van der Waals surface area (Å²) in [5.41, 5.74) is 0. The quantitative estimate of drug-likeness (QED) is 0.0355. The van der Waals surface area contributed by atoms with Gasteiger partial charge >= 0.3 is 17.9 Å². The summed E-state index contributed by atoms with van der Waals surface area (Å²) in [4.78, 5) is 37.6. The molecule has 0 radical (unpaired) electrons. The van der Waals surface area contributed by atoms with Gasteiger partial charge in [-0.05, 0) is 37.0 Å². The third-order valence-electron chi connectivity index (χ3n) is 10.5. The fourth-order valence-corrected chi connectivity index (χ4v) is 6.67. The van der Waals surface area contributed by atoms with Gasteiger partial charge in [-0.1, -0.05) is 202 Å². The molecule has 6 heteroatoms. The number of carbonyl (C=O) groups is 3. The predicted molar refractivity (Wildman–Crippen MR) is 219 cm³/mol. The van der Waals surface area contributed by atoms with E-state index in [1.807, 2.05) is 0 Å². The number of hydrogen-bond acceptors (Lipinski definition) is 6. The van der Waals surface area contributed by atoms with E-state index in [0.717, 1.165) is 75.5 Å². The van der Waals surface area contributed by atoms with Crippen LogP contribution in [-0.4, -0.2) is 37.2 Å². The van der Waals surface area contributed by atoms with Crippen molar-refractivity contribution in [2.24, 2.45) is 17.8 Å². The summed E-state index contributed by atoms with van der Waals surface area (Å²) in [5.74, 6) is 1.56. The predicted octanol–water partition coefficient (Wildman–Crippen LogP) is 14.0. The Kier molecular flexibility index (Phi) is 36.6. The second-order valence-corrected chi connectivity index (χ2v) is 16.9. The molecule has 0 aromatic carbocycles. The molecule has 0 aliphatic heterocycles. The van der Waals surface area contributed by atoms with Crippen molar-refractivity contribution in [2.75, 3.05) is 13.2 Å². The van der Waals surface area contributed by atoms with Crippen molar-refractivity contribution in [3.05, 3.63) is 0 Å². The second kappa shape index (κ2) is 37.7. The summed E-state index contributed by atoms with van der Waals surface area (Å²) in [7, 11) is 0. The average molecular weight is 737 g/mol. The van der Waals surface area contributed by atoms with Gasteiger partial charge in [-0.15, -0.1) is 0 Å². The fraction of sp³-hybridized carbons (Fsp3) is 0.935. The smallest absolute Gasteiger partial charge is 0.306 e. The number of esters is 3. The topological polar surface area (TPSA) is 78.9 Å². The van der Waals surface area contributed by atoms with Crippen molar-refractivity contribution in [3.8, 4) is 0 Å². The van der Waals surface area contributed by atoms with Crippen LogP contribution in [0.1, 0.15) is 241 Å². The van der Waals surface area contributed by atoms with E-state index in [2.05, 4.69) is 41.5 Å². The number of rotatable bonds is 39. The van der Waals surface area contributed by atoms with E-state index in [1.54, 1.807) is 0 Å². The van der Waals surface area contributed by atoms with E-state index in [9.17, 15) is 14.4 Å². The Labute approximate surface area is 323 Å². The summed E-state index contributed by atoms with van der Waals surface area (Å²) in [5, 5.41) is 0. The average Bonchev–Trinajstić information content (AvgIpc) is 3.11. The fourth-order valence-electron chi connectivity index (χ4n) is 6.67. The molecule has 0 saturated heterocycles. The van der Waals surface area contributed by atoms with Crippen LogP contribution >= 0.6 is 0 Å². The molecule has 308 valence electrons. The van der Waals surface area contributed by atoms with Crippen molar-refractivity contribution < 1.29 is 28.6 Å². The minimum absolute atomic E-state index is 0.0671. The lowest BCUT2D eigenvalue weighted by Crippen LogP contribution is -2.30. The van der Waals surface area contributed by atoms with Gasteiger partial charge in [0.15, 0.2) is 6.10 Å². The van der Waals surface area contributed by atoms with Gasteiger partial charge in [-0.25, -0.2) is 0 Å². The summed E-state index contributed by atoms with van der Waals surface area (Å²) < 4.78 is 16.7. The standard InChI is InChI=1S/C46H88O6/c1-7-42(6)34-28-22-15-10-8-9-11-16-23-29-35-44(47)50-38-43(39-51-45(48)36-30-24-19-18-21-27-33-41(4)5)52-46(49)37-31-25-17-13-12-14-20-26-32-40(2)3/h40-43H,7-39H2,1-6H3/t42?,43-/m1/s1. The van der Waals surface area contributed by atoms with Crippen molar-refractivity contribution in [1.82, 2.24) is 0 Å². The van der Waals surface area contributed by atoms with Gasteiger partial charge < -0.3 is 14.2 Å². The van der Waals surface area contributed by atoms with E-state index in [1.165, 1.54) is 122 Å². The van der Waals surface area contributed by atoms with Gasteiger partial charge in [-0.2, -0.15) is 0 Å². The highest BCUT2D eigenvalue weighted by Gasteiger charge is 2.19. The number of unbranched alkanes of at least 4 members (excludes halogenated alkanes) is 21. The molecule has 0 aromatic rings. The van der Waals surface area contributed by atoms with Gasteiger partial charge in [0.25, 0.3) is 0 Å². The molecule has 0 rings (SSSR count). The van der Waals surface area contributed by atoms with Crippen LogP contribution in [0, 0.1) is 17.8 Å². The van der Waals surface area contributed by atoms with Crippen LogP contribution in [0.25, 0.3) is 0 Å². The minimum atomic E-state index is -0.762. The highest BCUT2D eigenvalue weighted by molar-refractivity contribution is 5.71. The van der Waals surface area contributed by atoms with Gasteiger partial charge in [0.2, 0.25) is 0 Å². The first kappa shape index (κ1) is 50.4. The maximum atomic E-state index is 12.7. The van der Waals surface area contributed by atoms with Crippen LogP contribution in [-0.2, 0) is 28.6 Å². The molecule has 6 nitrogen and oxygen atoms in total. The highest BCUT2D eigenvalue weighted by Crippen LogP contribution is 2.17. The zero-order valence-electron chi connectivity index (χ0n) is 35.6. The molecule has 0 fully saturated rings. The second-order valence-electron chi connectivity index (χ2n) is 16.9. The van der Waals surface area contributed by atoms with E-state index in [0.29, 0.717) is 19.3 Å². The Bertz CT molecular complexity index is 809. The molecule has 0 N–H and O–H groups in total. The SMILES string of the molecule is CCC(C)CCCCCCCCCCCCC(=O)OC[C@H](COC(=O)CCCCCCCCC(C)C)OC(=O)CCCCCCCCCCC(C)C. The van der Waals surface area contributed by atoms with Crippen molar-refractivity contribution in [2.45, 2.75) is 247 Å². The first-order valence-corrected chi connectivity index (χ1v) is 22.6. The molecule has 0 heterocycles. The maximum absolute atomic E-state index is 12.7. The maximum Gasteiger partial charge on any atom is 0.306 e. The van der Waals surface area contributed by atoms with Gasteiger partial charge in [0.1, 0.15) is 13.2 Å². The normalized spacial score (nSPS) is 12.7. The molecule has 0 amide bonds. The van der Waals surface area contributed by atoms with Gasteiger partial charge in [-0.3, -0.25) is 14.4 Å². The Hall–Kier alpha value is -1.59. The van der Waals surface area contributed by atoms with Crippen molar-refractivity contribution >= 4 is 17.9 Å². The molecule has 52 heavy (non-hydrogen) atoms. The lowest BCUT2D eigenvalue weighted by molar-refractivity contribution is -0.167. The molecular weight excluding hydrogens is 648 g/mol. The Balaban J connectivity index is 4.33. The number of hydrogen-bond donors (Lipinski definition) is 0. The molecule has 0 spiro atoms. The van der Waals surface area contributed by atoms with Crippen LogP contribution in [0.3, 0.4) is 0 Å². The van der Waals surface area contributed by atoms with Crippen LogP contribution in [0.15, 0.2) is 0 Å². The molecule has 0 aromatic heterocycles. The van der Waals surface area contributed by atoms with Crippen molar-refractivity contribution in [3.63, 3.8) is 0 Å². The summed E-state index contributed by atoms with van der Waals surface area (Å²) >= 11 is 0. The van der Waals surface area contributed by atoms with E-state index >= 15 is 0 Å². The van der Waals surface area contributed by atoms with Gasteiger partial charge in [0, 0.05) is 19.3 Å². The lowest BCUT2D eigenvalue weighted by atomic mass is 9.99. The lowest BCUT2D eigenvalue weighted by Gasteiger charge is -2.18. The first-order chi connectivity index (χ1) is 25.1. The zero-order chi connectivity index (χ0) is 38.5. The summed E-state index contributed by atoms with van der Waals surface area (Å²) in [6, 6.07) is 0. The van der Waals surface area contributed by atoms with E-state index < -0.39 is 6.10 Å². The van der Waals surface area contributed by atoms with Crippen LogP contribution < -0.4 is 0 Å². The zero-order valence-corrected chi connectivity index (χ0v) is 35.6. The minimum Gasteiger partial charge on any atom is -0.462 e. The van der Waals surface area contributed by atoms with Crippen molar-refractivity contribution in [1.29, 1.82) is 0 Å². The Morgan fingerprint density at radius 2 is 0.673 bits per heavy atom. The Morgan fingerprint density at radius 1 is 0.385 bits per heavy atom. The molecule has 0 aliphatic carbocycles. The van der Waals surface area contributed by atoms with Crippen LogP contribution in [0.5, 0.6) is 0 Å². The monoisotopic (exact) mass is 737 g/mol. The number of carbonyl (C=O) groups excluding carboxylic acids is 3. The molecule has 1 unspecified atom stereocenters. The molecule has 0 saturated carbocycles. The molecular formula is C46H88O6. The third kappa shape index (κ3) is 38.1. The summed E-state index contributed by atoms with van der Waals surface area (Å²) in [6.07, 6.45) is 33.8.